The van der Waals surface area contributed by atoms with Gasteiger partial charge in [0.1, 0.15) is 5.54 Å². The monoisotopic (exact) mass is 293 g/mol. The number of carbonyl (C=O) groups excluding carboxylic acids is 1. The Hall–Kier alpha value is -1.16. The first kappa shape index (κ1) is 15.2. The molecule has 0 amide bonds. The Balaban J connectivity index is 2.28. The van der Waals surface area contributed by atoms with Crippen LogP contribution in [-0.2, 0) is 9.53 Å². The van der Waals surface area contributed by atoms with Crippen molar-refractivity contribution < 1.29 is 9.53 Å². The fourth-order valence-corrected chi connectivity index (χ4v) is 3.90. The molecule has 1 fully saturated rings. The lowest BCUT2D eigenvalue weighted by Crippen LogP contribution is -2.56. The van der Waals surface area contributed by atoms with Gasteiger partial charge >= 0.3 is 5.97 Å². The van der Waals surface area contributed by atoms with Gasteiger partial charge in [0.15, 0.2) is 0 Å². The molecule has 0 bridgehead atoms. The Bertz CT molecular complexity index is 477. The van der Waals surface area contributed by atoms with E-state index >= 15 is 0 Å². The second-order valence-corrected chi connectivity index (χ2v) is 6.75. The zero-order chi connectivity index (χ0) is 14.6. The van der Waals surface area contributed by atoms with Crippen LogP contribution >= 0.6 is 11.8 Å². The number of nitrogens with one attached hydrogen (secondary N) is 1. The highest BCUT2D eigenvalue weighted by Gasteiger charge is 2.46. The summed E-state index contributed by atoms with van der Waals surface area (Å²) < 4.78 is 5.34. The summed E-state index contributed by atoms with van der Waals surface area (Å²) in [7, 11) is 0. The van der Waals surface area contributed by atoms with Gasteiger partial charge in [-0.1, -0.05) is 19.1 Å². The van der Waals surface area contributed by atoms with Crippen molar-refractivity contribution in [2.45, 2.75) is 44.4 Å². The summed E-state index contributed by atoms with van der Waals surface area (Å²) in [4.78, 5) is 12.5. The molecule has 4 heteroatoms. The highest BCUT2D eigenvalue weighted by molar-refractivity contribution is 8.00. The minimum Gasteiger partial charge on any atom is -0.464 e. The van der Waals surface area contributed by atoms with Crippen LogP contribution in [0.3, 0.4) is 0 Å². The molecule has 2 unspecified atom stereocenters. The molecular weight excluding hydrogens is 270 g/mol. The maximum absolute atomic E-state index is 12.5. The van der Waals surface area contributed by atoms with E-state index in [4.69, 9.17) is 4.74 Å². The zero-order valence-electron chi connectivity index (χ0n) is 12.4. The molecule has 0 radical (unpaired) electrons. The Labute approximate surface area is 125 Å². The minimum absolute atomic E-state index is 0.124. The summed E-state index contributed by atoms with van der Waals surface area (Å²) >= 11 is 1.84. The van der Waals surface area contributed by atoms with Crippen molar-refractivity contribution in [3.05, 3.63) is 29.8 Å². The van der Waals surface area contributed by atoms with Crippen LogP contribution < -0.4 is 5.32 Å². The highest BCUT2D eigenvalue weighted by Crippen LogP contribution is 2.37. The van der Waals surface area contributed by atoms with Crippen molar-refractivity contribution in [3.63, 3.8) is 0 Å². The quantitative estimate of drug-likeness (QED) is 0.860. The number of hydrogen-bond acceptors (Lipinski definition) is 4. The number of esters is 1. The zero-order valence-corrected chi connectivity index (χ0v) is 13.3. The van der Waals surface area contributed by atoms with Gasteiger partial charge in [-0.2, -0.15) is 11.8 Å². The smallest absolute Gasteiger partial charge is 0.332 e. The lowest BCUT2D eigenvalue weighted by Gasteiger charge is -2.41. The molecule has 1 saturated heterocycles. The number of anilines is 1. The van der Waals surface area contributed by atoms with Crippen LogP contribution in [0.15, 0.2) is 24.3 Å². The van der Waals surface area contributed by atoms with E-state index in [-0.39, 0.29) is 11.2 Å². The predicted octanol–water partition coefficient (Wildman–Crippen LogP) is 3.62. The van der Waals surface area contributed by atoms with E-state index in [0.717, 1.165) is 24.3 Å². The van der Waals surface area contributed by atoms with Crippen LogP contribution in [0.1, 0.15) is 32.3 Å². The molecule has 3 nitrogen and oxygen atoms in total. The second-order valence-electron chi connectivity index (χ2n) is 5.30. The summed E-state index contributed by atoms with van der Waals surface area (Å²) in [6.07, 6.45) is 1.86. The number of thioether (sulfide) groups is 1. The molecule has 1 aromatic rings. The number of ether oxygens (including phenoxy) is 1. The van der Waals surface area contributed by atoms with Crippen molar-refractivity contribution >= 4 is 23.4 Å². The standard InChI is InChI=1S/C16H23NO2S/c1-4-19-15(18)16(9-6-10-20-13(16)3)17-14-8-5-7-12(2)11-14/h5,7-8,11,13,17H,4,6,9-10H2,1-3H3. The summed E-state index contributed by atoms with van der Waals surface area (Å²) in [5, 5.41) is 3.68. The number of carbonyl (C=O) groups is 1. The minimum atomic E-state index is -0.604. The van der Waals surface area contributed by atoms with Crippen LogP contribution in [0.5, 0.6) is 0 Å². The maximum atomic E-state index is 12.5. The van der Waals surface area contributed by atoms with Gasteiger partial charge in [-0.05, 0) is 50.1 Å². The molecule has 0 aromatic heterocycles. The van der Waals surface area contributed by atoms with E-state index in [1.807, 2.05) is 30.8 Å². The van der Waals surface area contributed by atoms with E-state index in [1.54, 1.807) is 0 Å². The van der Waals surface area contributed by atoms with Crippen LogP contribution in [0.2, 0.25) is 0 Å². The van der Waals surface area contributed by atoms with Crippen molar-refractivity contribution in [2.24, 2.45) is 0 Å². The van der Waals surface area contributed by atoms with Gasteiger partial charge in [-0.15, -0.1) is 0 Å². The SMILES string of the molecule is CCOC(=O)C1(Nc2cccc(C)c2)CCCSC1C. The van der Waals surface area contributed by atoms with Crippen LogP contribution in [0.25, 0.3) is 0 Å². The molecule has 1 aliphatic rings. The summed E-state index contributed by atoms with van der Waals surface area (Å²) in [5.41, 5.74) is 1.57. The van der Waals surface area contributed by atoms with Gasteiger partial charge in [0.05, 0.1) is 6.61 Å². The van der Waals surface area contributed by atoms with E-state index in [9.17, 15) is 4.79 Å². The third kappa shape index (κ3) is 3.11. The average molecular weight is 293 g/mol. The third-order valence-corrected chi connectivity index (χ3v) is 5.23. The summed E-state index contributed by atoms with van der Waals surface area (Å²) in [5.74, 6) is 0.985. The molecule has 0 aliphatic carbocycles. The molecule has 2 atom stereocenters. The molecule has 1 aromatic carbocycles. The van der Waals surface area contributed by atoms with E-state index < -0.39 is 5.54 Å². The molecule has 0 spiro atoms. The fourth-order valence-electron chi connectivity index (χ4n) is 2.68. The fraction of sp³-hybridized carbons (Fsp3) is 0.562. The van der Waals surface area contributed by atoms with Crippen LogP contribution in [0.4, 0.5) is 5.69 Å². The Morgan fingerprint density at radius 1 is 1.55 bits per heavy atom. The van der Waals surface area contributed by atoms with Gasteiger partial charge in [0.2, 0.25) is 0 Å². The first-order chi connectivity index (χ1) is 9.58. The Morgan fingerprint density at radius 3 is 3.00 bits per heavy atom. The van der Waals surface area contributed by atoms with Gasteiger partial charge in [0.25, 0.3) is 0 Å². The van der Waals surface area contributed by atoms with Crippen molar-refractivity contribution in [1.29, 1.82) is 0 Å². The summed E-state index contributed by atoms with van der Waals surface area (Å²) in [6, 6.07) is 8.16. The van der Waals surface area contributed by atoms with Crippen LogP contribution in [-0.4, -0.2) is 29.1 Å². The highest BCUT2D eigenvalue weighted by atomic mass is 32.2. The van der Waals surface area contributed by atoms with Crippen molar-refractivity contribution in [3.8, 4) is 0 Å². The predicted molar refractivity (Wildman–Crippen MR) is 85.3 cm³/mol. The average Bonchev–Trinajstić information content (AvgIpc) is 2.42. The lowest BCUT2D eigenvalue weighted by atomic mass is 9.89. The first-order valence-corrected chi connectivity index (χ1v) is 8.27. The number of hydrogen-bond donors (Lipinski definition) is 1. The van der Waals surface area contributed by atoms with E-state index in [0.29, 0.717) is 6.61 Å². The number of aryl methyl sites for hydroxylation is 1. The molecule has 20 heavy (non-hydrogen) atoms. The molecule has 2 rings (SSSR count). The Morgan fingerprint density at radius 2 is 2.35 bits per heavy atom. The molecule has 1 N–H and O–H groups in total. The second kappa shape index (κ2) is 6.53. The largest absolute Gasteiger partial charge is 0.464 e. The van der Waals surface area contributed by atoms with Gasteiger partial charge in [-0.25, -0.2) is 4.79 Å². The normalized spacial score (nSPS) is 26.1. The molecule has 0 saturated carbocycles. The van der Waals surface area contributed by atoms with Crippen molar-refractivity contribution in [2.75, 3.05) is 17.7 Å². The number of rotatable bonds is 4. The number of benzene rings is 1. The first-order valence-electron chi connectivity index (χ1n) is 7.22. The Kier molecular flexibility index (Phi) is 4.97. The molecule has 1 aliphatic heterocycles. The molecule has 110 valence electrons. The van der Waals surface area contributed by atoms with Crippen molar-refractivity contribution in [1.82, 2.24) is 0 Å². The maximum Gasteiger partial charge on any atom is 0.332 e. The van der Waals surface area contributed by atoms with Gasteiger partial charge < -0.3 is 10.1 Å². The topological polar surface area (TPSA) is 38.3 Å². The molecular formula is C16H23NO2S. The van der Waals surface area contributed by atoms with E-state index in [2.05, 4.69) is 31.3 Å². The third-order valence-electron chi connectivity index (χ3n) is 3.80. The lowest BCUT2D eigenvalue weighted by molar-refractivity contribution is -0.148. The van der Waals surface area contributed by atoms with Crippen LogP contribution in [0, 0.1) is 6.92 Å². The van der Waals surface area contributed by atoms with Gasteiger partial charge in [0, 0.05) is 10.9 Å². The van der Waals surface area contributed by atoms with Gasteiger partial charge in [-0.3, -0.25) is 0 Å². The summed E-state index contributed by atoms with van der Waals surface area (Å²) in [6.45, 7) is 6.46. The van der Waals surface area contributed by atoms with E-state index in [1.165, 1.54) is 5.56 Å². The molecule has 1 heterocycles.